The van der Waals surface area contributed by atoms with Crippen molar-refractivity contribution in [3.63, 3.8) is 0 Å². The fourth-order valence-corrected chi connectivity index (χ4v) is 3.47. The highest BCUT2D eigenvalue weighted by molar-refractivity contribution is 6.09. The van der Waals surface area contributed by atoms with Crippen molar-refractivity contribution >= 4 is 39.7 Å². The van der Waals surface area contributed by atoms with E-state index in [1.807, 2.05) is 37.5 Å². The molecule has 160 valence electrons. The number of aromatic nitrogens is 4. The number of rotatable bonds is 6. The van der Waals surface area contributed by atoms with Gasteiger partial charge in [0.15, 0.2) is 5.84 Å². The molecular formula is C23H22N8O. The Kier molecular flexibility index (Phi) is 4.98. The lowest BCUT2D eigenvalue weighted by Gasteiger charge is -2.08. The number of fused-ring (bicyclic) bond motifs is 1. The van der Waals surface area contributed by atoms with Gasteiger partial charge in [-0.1, -0.05) is 6.07 Å². The zero-order chi connectivity index (χ0) is 22.1. The summed E-state index contributed by atoms with van der Waals surface area (Å²) < 4.78 is 0. The van der Waals surface area contributed by atoms with E-state index in [0.717, 1.165) is 40.6 Å². The number of hydrogen-bond donors (Lipinski definition) is 4. The molecule has 4 aromatic rings. The average Bonchev–Trinajstić information content (AvgIpc) is 3.59. The van der Waals surface area contributed by atoms with Gasteiger partial charge in [0.25, 0.3) is 0 Å². The number of aliphatic imine (C=N–C) groups is 1. The van der Waals surface area contributed by atoms with Crippen LogP contribution in [0.1, 0.15) is 18.5 Å². The minimum absolute atomic E-state index is 0.00140. The first kappa shape index (κ1) is 19.7. The van der Waals surface area contributed by atoms with E-state index in [4.69, 9.17) is 5.73 Å². The summed E-state index contributed by atoms with van der Waals surface area (Å²) in [5, 5.41) is 14.2. The van der Waals surface area contributed by atoms with E-state index < -0.39 is 0 Å². The molecule has 1 amide bonds. The molecule has 1 aromatic carbocycles. The Morgan fingerprint density at radius 2 is 2.00 bits per heavy atom. The number of amidine groups is 1. The number of carbonyl (C=O) groups excluding carboxylic acids is 1. The van der Waals surface area contributed by atoms with Crippen molar-refractivity contribution in [2.24, 2.45) is 16.6 Å². The molecule has 0 unspecified atom stereocenters. The Bertz CT molecular complexity index is 1340. The molecule has 3 aromatic heterocycles. The summed E-state index contributed by atoms with van der Waals surface area (Å²) in [6, 6.07) is 9.70. The van der Waals surface area contributed by atoms with Gasteiger partial charge >= 0.3 is 0 Å². The van der Waals surface area contributed by atoms with Crippen molar-refractivity contribution in [2.45, 2.75) is 12.8 Å². The van der Waals surface area contributed by atoms with Crippen LogP contribution in [0.3, 0.4) is 0 Å². The number of nitrogens with one attached hydrogen (secondary N) is 3. The molecule has 1 aliphatic carbocycles. The number of H-pyrrole nitrogens is 1. The van der Waals surface area contributed by atoms with Crippen LogP contribution in [0.5, 0.6) is 0 Å². The van der Waals surface area contributed by atoms with Crippen molar-refractivity contribution in [1.82, 2.24) is 20.2 Å². The maximum atomic E-state index is 12.2. The van der Waals surface area contributed by atoms with Crippen LogP contribution in [0.2, 0.25) is 0 Å². The molecule has 5 rings (SSSR count). The molecule has 5 N–H and O–H groups in total. The molecule has 1 saturated carbocycles. The first-order valence-electron chi connectivity index (χ1n) is 10.3. The lowest BCUT2D eigenvalue weighted by molar-refractivity contribution is -0.117. The van der Waals surface area contributed by atoms with Gasteiger partial charge in [0.2, 0.25) is 5.91 Å². The number of nitrogens with two attached hydrogens (primary N) is 1. The van der Waals surface area contributed by atoms with Crippen LogP contribution >= 0.6 is 0 Å². The number of pyridine rings is 2. The number of nitrogens with zero attached hydrogens (tertiary/aromatic N) is 4. The van der Waals surface area contributed by atoms with Crippen LogP contribution in [-0.2, 0) is 4.79 Å². The second-order valence-corrected chi connectivity index (χ2v) is 7.70. The third-order valence-corrected chi connectivity index (χ3v) is 5.41. The van der Waals surface area contributed by atoms with Gasteiger partial charge in [0, 0.05) is 42.5 Å². The van der Waals surface area contributed by atoms with Crippen LogP contribution in [0.4, 0.5) is 17.1 Å². The first-order chi connectivity index (χ1) is 15.6. The Labute approximate surface area is 184 Å². The maximum Gasteiger partial charge on any atom is 0.227 e. The highest BCUT2D eigenvalue weighted by Gasteiger charge is 2.30. The van der Waals surface area contributed by atoms with Crippen molar-refractivity contribution in [3.05, 3.63) is 60.8 Å². The molecule has 0 atom stereocenters. The molecule has 0 saturated heterocycles. The molecule has 9 heteroatoms. The zero-order valence-corrected chi connectivity index (χ0v) is 17.5. The molecular weight excluding hydrogens is 404 g/mol. The Balaban J connectivity index is 1.50. The lowest BCUT2D eigenvalue weighted by Crippen LogP contribution is -2.15. The Morgan fingerprint density at radius 3 is 2.81 bits per heavy atom. The van der Waals surface area contributed by atoms with E-state index in [1.165, 1.54) is 0 Å². The summed E-state index contributed by atoms with van der Waals surface area (Å²) in [6.45, 7) is 0. The third-order valence-electron chi connectivity index (χ3n) is 5.41. The number of hydrogen-bond acceptors (Lipinski definition) is 6. The molecule has 0 bridgehead atoms. The fourth-order valence-electron chi connectivity index (χ4n) is 3.47. The standard InChI is InChI=1S/C23H22N8O/c1-25-16-8-15(10-27-11-16)14-4-5-18-17(9-14)21(31-30-18)22(24)28-20-12-26-7-6-19(20)29-23(32)13-2-3-13/h4-13,25H,2-3H2,1H3,(H2,24,28)(H,30,31)(H,26,29,32). The van der Waals surface area contributed by atoms with Crippen molar-refractivity contribution < 1.29 is 4.79 Å². The van der Waals surface area contributed by atoms with Crippen LogP contribution in [-0.4, -0.2) is 39.0 Å². The topological polar surface area (TPSA) is 134 Å². The molecule has 1 aliphatic rings. The molecule has 0 aliphatic heterocycles. The van der Waals surface area contributed by atoms with E-state index in [9.17, 15) is 4.79 Å². The normalized spacial score (nSPS) is 13.8. The molecule has 3 heterocycles. The maximum absolute atomic E-state index is 12.2. The molecule has 1 fully saturated rings. The van der Waals surface area contributed by atoms with E-state index in [0.29, 0.717) is 17.1 Å². The minimum Gasteiger partial charge on any atom is -0.387 e. The van der Waals surface area contributed by atoms with Gasteiger partial charge in [-0.15, -0.1) is 0 Å². The first-order valence-corrected chi connectivity index (χ1v) is 10.3. The summed E-state index contributed by atoms with van der Waals surface area (Å²) in [7, 11) is 1.86. The average molecular weight is 426 g/mol. The van der Waals surface area contributed by atoms with Gasteiger partial charge in [0.05, 0.1) is 23.1 Å². The third kappa shape index (κ3) is 3.87. The number of amides is 1. The summed E-state index contributed by atoms with van der Waals surface area (Å²) in [4.78, 5) is 25.1. The van der Waals surface area contributed by atoms with Crippen molar-refractivity contribution in [2.75, 3.05) is 17.7 Å². The monoisotopic (exact) mass is 426 g/mol. The number of benzene rings is 1. The van der Waals surface area contributed by atoms with Crippen LogP contribution in [0.25, 0.3) is 22.0 Å². The number of aromatic amines is 1. The van der Waals surface area contributed by atoms with E-state index in [1.54, 1.807) is 24.7 Å². The van der Waals surface area contributed by atoms with Gasteiger partial charge in [-0.3, -0.25) is 19.9 Å². The zero-order valence-electron chi connectivity index (χ0n) is 17.5. The summed E-state index contributed by atoms with van der Waals surface area (Å²) in [5.41, 5.74) is 11.7. The van der Waals surface area contributed by atoms with Gasteiger partial charge in [-0.2, -0.15) is 5.10 Å². The Morgan fingerprint density at radius 1 is 1.12 bits per heavy atom. The SMILES string of the molecule is CNc1cncc(-c2ccc3[nH]nc(C(N)=Nc4cnccc4NC(=O)C4CC4)c3c2)c1. The van der Waals surface area contributed by atoms with Crippen LogP contribution in [0.15, 0.2) is 60.1 Å². The highest BCUT2D eigenvalue weighted by Crippen LogP contribution is 2.32. The summed E-state index contributed by atoms with van der Waals surface area (Å²) in [5.74, 6) is 0.311. The summed E-state index contributed by atoms with van der Waals surface area (Å²) in [6.07, 6.45) is 8.61. The molecule has 9 nitrogen and oxygen atoms in total. The number of carbonyl (C=O) groups is 1. The van der Waals surface area contributed by atoms with Gasteiger partial charge in [-0.25, -0.2) is 4.99 Å². The smallest absolute Gasteiger partial charge is 0.227 e. The second-order valence-electron chi connectivity index (χ2n) is 7.70. The van der Waals surface area contributed by atoms with E-state index in [2.05, 4.69) is 35.8 Å². The van der Waals surface area contributed by atoms with E-state index >= 15 is 0 Å². The predicted molar refractivity (Wildman–Crippen MR) is 125 cm³/mol. The summed E-state index contributed by atoms with van der Waals surface area (Å²) >= 11 is 0. The lowest BCUT2D eigenvalue weighted by atomic mass is 10.0. The molecule has 0 radical (unpaired) electrons. The van der Waals surface area contributed by atoms with Crippen LogP contribution < -0.4 is 16.4 Å². The molecule has 0 spiro atoms. The van der Waals surface area contributed by atoms with Crippen molar-refractivity contribution in [3.8, 4) is 11.1 Å². The van der Waals surface area contributed by atoms with Gasteiger partial charge in [-0.05, 0) is 42.7 Å². The molecule has 32 heavy (non-hydrogen) atoms. The van der Waals surface area contributed by atoms with Gasteiger partial charge in [0.1, 0.15) is 11.4 Å². The number of anilines is 2. The van der Waals surface area contributed by atoms with Crippen LogP contribution in [0, 0.1) is 5.92 Å². The largest absolute Gasteiger partial charge is 0.387 e. The highest BCUT2D eigenvalue weighted by atomic mass is 16.2. The Hall–Kier alpha value is -4.27. The van der Waals surface area contributed by atoms with E-state index in [-0.39, 0.29) is 17.7 Å². The van der Waals surface area contributed by atoms with Crippen molar-refractivity contribution in [1.29, 1.82) is 0 Å². The minimum atomic E-state index is -0.00140. The quantitative estimate of drug-likeness (QED) is 0.276. The van der Waals surface area contributed by atoms with Gasteiger partial charge < -0.3 is 16.4 Å². The fraction of sp³-hybridized carbons (Fsp3) is 0.174. The second kappa shape index (κ2) is 8.10. The predicted octanol–water partition coefficient (Wildman–Crippen LogP) is 3.45.